The van der Waals surface area contributed by atoms with Gasteiger partial charge in [-0.05, 0) is 30.5 Å². The van der Waals surface area contributed by atoms with E-state index in [1.54, 1.807) is 12.1 Å². The van der Waals surface area contributed by atoms with E-state index in [1.165, 1.54) is 0 Å². The maximum absolute atomic E-state index is 8.60. The highest BCUT2D eigenvalue weighted by molar-refractivity contribution is 6.31. The number of nitrogens with zero attached hydrogens (tertiary/aromatic N) is 1. The summed E-state index contributed by atoms with van der Waals surface area (Å²) in [5.74, 6) is 0.204. The number of rotatable bonds is 1. The summed E-state index contributed by atoms with van der Waals surface area (Å²) in [6.07, 6.45) is 0. The van der Waals surface area contributed by atoms with Crippen molar-refractivity contribution in [3.05, 3.63) is 41.3 Å². The summed E-state index contributed by atoms with van der Waals surface area (Å²) in [5, 5.41) is 9.10. The average Bonchev–Trinajstić information content (AvgIpc) is 2.04. The van der Waals surface area contributed by atoms with Crippen molar-refractivity contribution in [1.82, 2.24) is 0 Å². The molecule has 1 unspecified atom stereocenters. The van der Waals surface area contributed by atoms with Crippen LogP contribution in [0.5, 0.6) is 0 Å². The minimum Gasteiger partial charge on any atom is -0.192 e. The van der Waals surface area contributed by atoms with Gasteiger partial charge in [-0.15, -0.1) is 0 Å². The van der Waals surface area contributed by atoms with Gasteiger partial charge in [0.1, 0.15) is 6.07 Å². The topological polar surface area (TPSA) is 23.8 Å². The summed E-state index contributed by atoms with van der Waals surface area (Å²) >= 11 is 5.82. The zero-order valence-electron chi connectivity index (χ0n) is 6.84. The van der Waals surface area contributed by atoms with E-state index in [-0.39, 0.29) is 5.92 Å². The predicted octanol–water partition coefficient (Wildman–Crippen LogP) is 3.15. The van der Waals surface area contributed by atoms with E-state index in [0.717, 1.165) is 5.56 Å². The molecule has 1 aromatic carbocycles. The fraction of sp³-hybridized carbons (Fsp3) is 0.200. The third-order valence-electron chi connectivity index (χ3n) is 1.68. The molecule has 0 amide bonds. The van der Waals surface area contributed by atoms with Gasteiger partial charge in [-0.2, -0.15) is 5.26 Å². The smallest absolute Gasteiger partial charge is 0.101 e. The maximum atomic E-state index is 8.60. The van der Waals surface area contributed by atoms with Crippen LogP contribution in [-0.2, 0) is 0 Å². The first-order chi connectivity index (χ1) is 5.65. The van der Waals surface area contributed by atoms with Gasteiger partial charge in [0.05, 0.1) is 10.6 Å². The van der Waals surface area contributed by atoms with Gasteiger partial charge in [0.25, 0.3) is 0 Å². The summed E-state index contributed by atoms with van der Waals surface area (Å²) < 4.78 is 0. The van der Waals surface area contributed by atoms with Gasteiger partial charge in [-0.25, -0.2) is 0 Å². The van der Waals surface area contributed by atoms with Gasteiger partial charge < -0.3 is 0 Å². The second kappa shape index (κ2) is 3.60. The highest BCUT2D eigenvalue weighted by Gasteiger charge is 2.03. The Balaban J connectivity index is 3.12. The highest BCUT2D eigenvalue weighted by atomic mass is 35.5. The molecule has 0 aromatic heterocycles. The van der Waals surface area contributed by atoms with Crippen LogP contribution in [0.4, 0.5) is 0 Å². The number of hydrogen-bond acceptors (Lipinski definition) is 1. The molecular formula is C10H9ClN. The van der Waals surface area contributed by atoms with E-state index in [4.69, 9.17) is 16.9 Å². The standard InChI is InChI=1S/C10H9ClN/c1-7(2)8-3-4-9(6-12)10(11)5-8/h3-5,7H,1H2,2H3. The molecule has 0 heterocycles. The van der Waals surface area contributed by atoms with E-state index < -0.39 is 0 Å². The lowest BCUT2D eigenvalue weighted by Crippen LogP contribution is -1.88. The molecule has 0 spiro atoms. The summed E-state index contributed by atoms with van der Waals surface area (Å²) in [7, 11) is 0. The predicted molar refractivity (Wildman–Crippen MR) is 49.9 cm³/mol. The molecule has 1 radical (unpaired) electrons. The Morgan fingerprint density at radius 2 is 2.25 bits per heavy atom. The molecule has 0 saturated heterocycles. The van der Waals surface area contributed by atoms with E-state index in [2.05, 4.69) is 6.92 Å². The molecule has 1 atom stereocenters. The van der Waals surface area contributed by atoms with Gasteiger partial charge >= 0.3 is 0 Å². The maximum Gasteiger partial charge on any atom is 0.101 e. The molecule has 0 aliphatic heterocycles. The third kappa shape index (κ3) is 1.78. The lowest BCUT2D eigenvalue weighted by molar-refractivity contribution is 0.964. The van der Waals surface area contributed by atoms with Crippen molar-refractivity contribution in [3.63, 3.8) is 0 Å². The number of halogens is 1. The Morgan fingerprint density at radius 1 is 1.58 bits per heavy atom. The van der Waals surface area contributed by atoms with E-state index >= 15 is 0 Å². The molecule has 1 nitrogen and oxygen atoms in total. The monoisotopic (exact) mass is 178 g/mol. The lowest BCUT2D eigenvalue weighted by Gasteiger charge is -2.05. The van der Waals surface area contributed by atoms with Crippen LogP contribution in [-0.4, -0.2) is 0 Å². The first-order valence-corrected chi connectivity index (χ1v) is 4.05. The van der Waals surface area contributed by atoms with E-state index in [0.29, 0.717) is 10.6 Å². The molecular weight excluding hydrogens is 170 g/mol. The van der Waals surface area contributed by atoms with Crippen molar-refractivity contribution in [1.29, 1.82) is 5.26 Å². The molecule has 0 aliphatic rings. The Hall–Kier alpha value is -1.00. The molecule has 12 heavy (non-hydrogen) atoms. The molecule has 2 heteroatoms. The van der Waals surface area contributed by atoms with Gasteiger partial charge in [-0.3, -0.25) is 0 Å². The number of benzene rings is 1. The zero-order chi connectivity index (χ0) is 9.14. The van der Waals surface area contributed by atoms with Gasteiger partial charge in [-0.1, -0.05) is 24.6 Å². The van der Waals surface area contributed by atoms with Gasteiger partial charge in [0, 0.05) is 0 Å². The minimum atomic E-state index is 0.204. The number of hydrogen-bond donors (Lipinski definition) is 0. The highest BCUT2D eigenvalue weighted by Crippen LogP contribution is 2.21. The summed E-state index contributed by atoms with van der Waals surface area (Å²) in [4.78, 5) is 0. The molecule has 0 fully saturated rings. The second-order valence-corrected chi connectivity index (χ2v) is 3.16. The average molecular weight is 179 g/mol. The first kappa shape index (κ1) is 9.09. The molecule has 1 rings (SSSR count). The van der Waals surface area contributed by atoms with E-state index in [1.807, 2.05) is 19.1 Å². The Bertz CT molecular complexity index is 323. The van der Waals surface area contributed by atoms with Gasteiger partial charge in [0.2, 0.25) is 0 Å². The van der Waals surface area contributed by atoms with Crippen LogP contribution in [0.15, 0.2) is 18.2 Å². The van der Waals surface area contributed by atoms with Crippen LogP contribution in [0.25, 0.3) is 0 Å². The minimum absolute atomic E-state index is 0.204. The van der Waals surface area contributed by atoms with Crippen LogP contribution in [0.2, 0.25) is 5.02 Å². The molecule has 0 bridgehead atoms. The first-order valence-electron chi connectivity index (χ1n) is 3.67. The van der Waals surface area contributed by atoms with Crippen molar-refractivity contribution in [2.75, 3.05) is 0 Å². The van der Waals surface area contributed by atoms with Crippen LogP contribution in [0.3, 0.4) is 0 Å². The Morgan fingerprint density at radius 3 is 2.67 bits per heavy atom. The SMILES string of the molecule is [CH2]C(C)c1ccc(C#N)c(Cl)c1. The van der Waals surface area contributed by atoms with Gasteiger partial charge in [0.15, 0.2) is 0 Å². The van der Waals surface area contributed by atoms with Crippen molar-refractivity contribution < 1.29 is 0 Å². The molecule has 0 saturated carbocycles. The van der Waals surface area contributed by atoms with Crippen molar-refractivity contribution in [2.24, 2.45) is 0 Å². The molecule has 0 aliphatic carbocycles. The largest absolute Gasteiger partial charge is 0.192 e. The number of nitriles is 1. The van der Waals surface area contributed by atoms with Crippen LogP contribution >= 0.6 is 11.6 Å². The molecule has 61 valence electrons. The fourth-order valence-corrected chi connectivity index (χ4v) is 1.16. The van der Waals surface area contributed by atoms with Crippen molar-refractivity contribution in [3.8, 4) is 6.07 Å². The van der Waals surface area contributed by atoms with Crippen molar-refractivity contribution in [2.45, 2.75) is 12.8 Å². The van der Waals surface area contributed by atoms with Crippen molar-refractivity contribution >= 4 is 11.6 Å². The fourth-order valence-electron chi connectivity index (χ4n) is 0.929. The molecule has 0 N–H and O–H groups in total. The summed E-state index contributed by atoms with van der Waals surface area (Å²) in [6, 6.07) is 7.40. The summed E-state index contributed by atoms with van der Waals surface area (Å²) in [6.45, 7) is 5.85. The third-order valence-corrected chi connectivity index (χ3v) is 2.00. The lowest BCUT2D eigenvalue weighted by atomic mass is 10.0. The quantitative estimate of drug-likeness (QED) is 0.648. The second-order valence-electron chi connectivity index (χ2n) is 2.75. The normalized spacial score (nSPS) is 9.92. The summed E-state index contributed by atoms with van der Waals surface area (Å²) in [5.41, 5.74) is 1.57. The Kier molecular flexibility index (Phi) is 2.73. The van der Waals surface area contributed by atoms with Crippen LogP contribution in [0.1, 0.15) is 24.0 Å². The van der Waals surface area contributed by atoms with E-state index in [9.17, 15) is 0 Å². The zero-order valence-corrected chi connectivity index (χ0v) is 7.60. The Labute approximate surface area is 77.6 Å². The van der Waals surface area contributed by atoms with Crippen LogP contribution in [0, 0.1) is 18.3 Å². The van der Waals surface area contributed by atoms with Crippen LogP contribution < -0.4 is 0 Å². The molecule has 1 aromatic rings.